The van der Waals surface area contributed by atoms with E-state index >= 15 is 0 Å². The van der Waals surface area contributed by atoms with Crippen LogP contribution >= 0.6 is 11.8 Å². The summed E-state index contributed by atoms with van der Waals surface area (Å²) in [5, 5.41) is 3.15. The first kappa shape index (κ1) is 20.0. The van der Waals surface area contributed by atoms with Crippen molar-refractivity contribution in [1.29, 1.82) is 0 Å². The number of piperidine rings is 1. The normalized spacial score (nSPS) is 15.7. The van der Waals surface area contributed by atoms with Gasteiger partial charge in [-0.1, -0.05) is 35.4 Å². The van der Waals surface area contributed by atoms with Crippen LogP contribution in [0.1, 0.15) is 39.9 Å². The number of aryl methyl sites for hydroxylation is 2. The van der Waals surface area contributed by atoms with Gasteiger partial charge in [0.25, 0.3) is 5.91 Å². The number of hydrogen-bond acceptors (Lipinski definition) is 3. The maximum absolute atomic E-state index is 12.4. The molecular weight excluding hydrogens is 352 g/mol. The third kappa shape index (κ3) is 5.60. The van der Waals surface area contributed by atoms with E-state index in [0.29, 0.717) is 5.92 Å². The van der Waals surface area contributed by atoms with Crippen LogP contribution in [-0.2, 0) is 6.54 Å². The molecule has 0 unspecified atom stereocenters. The highest BCUT2D eigenvalue weighted by molar-refractivity contribution is 7.98. The maximum atomic E-state index is 12.4. The molecule has 27 heavy (non-hydrogen) atoms. The summed E-state index contributed by atoms with van der Waals surface area (Å²) in [6.07, 6.45) is 4.44. The monoisotopic (exact) mass is 382 g/mol. The number of carbonyl (C=O) groups excluding carboxylic acids is 1. The van der Waals surface area contributed by atoms with E-state index in [1.54, 1.807) is 0 Å². The van der Waals surface area contributed by atoms with Gasteiger partial charge in [0, 0.05) is 23.5 Å². The number of thioether (sulfide) groups is 1. The Kier molecular flexibility index (Phi) is 6.97. The van der Waals surface area contributed by atoms with Crippen molar-refractivity contribution in [2.24, 2.45) is 5.92 Å². The van der Waals surface area contributed by atoms with Crippen LogP contribution in [0.5, 0.6) is 0 Å². The third-order valence-electron chi connectivity index (χ3n) is 5.33. The molecule has 2 aromatic rings. The predicted molar refractivity (Wildman–Crippen MR) is 114 cm³/mol. The average molecular weight is 383 g/mol. The lowest BCUT2D eigenvalue weighted by molar-refractivity contribution is 0.0935. The number of carbonyl (C=O) groups is 1. The molecule has 0 aliphatic carbocycles. The molecule has 0 aromatic heterocycles. The van der Waals surface area contributed by atoms with Crippen LogP contribution in [0.2, 0.25) is 0 Å². The van der Waals surface area contributed by atoms with Gasteiger partial charge in [-0.25, -0.2) is 0 Å². The number of benzene rings is 2. The molecular formula is C23H30N2OS. The zero-order chi connectivity index (χ0) is 19.2. The van der Waals surface area contributed by atoms with Gasteiger partial charge in [0.15, 0.2) is 0 Å². The summed E-state index contributed by atoms with van der Waals surface area (Å²) in [6.45, 7) is 8.09. The molecule has 144 valence electrons. The second-order valence-corrected chi connectivity index (χ2v) is 8.47. The quantitative estimate of drug-likeness (QED) is 0.737. The molecule has 0 bridgehead atoms. The molecule has 1 amide bonds. The van der Waals surface area contributed by atoms with E-state index in [2.05, 4.69) is 46.8 Å². The summed E-state index contributed by atoms with van der Waals surface area (Å²) in [5.74, 6) is 0.630. The minimum absolute atomic E-state index is 0.0538. The Labute approximate surface area is 167 Å². The minimum atomic E-state index is 0.0538. The van der Waals surface area contributed by atoms with Gasteiger partial charge in [-0.2, -0.15) is 0 Å². The van der Waals surface area contributed by atoms with Crippen molar-refractivity contribution >= 4 is 17.7 Å². The SMILES string of the molecule is CSc1ccccc1CN1CCC(CNC(=O)c2cc(C)cc(C)c2)CC1. The molecule has 3 nitrogen and oxygen atoms in total. The summed E-state index contributed by atoms with van der Waals surface area (Å²) < 4.78 is 0. The number of nitrogens with zero attached hydrogens (tertiary/aromatic N) is 1. The Morgan fingerprint density at radius 1 is 1.11 bits per heavy atom. The molecule has 4 heteroatoms. The summed E-state index contributed by atoms with van der Waals surface area (Å²) in [5.41, 5.74) is 4.48. The van der Waals surface area contributed by atoms with Gasteiger partial charge in [-0.05, 0) is 75.7 Å². The summed E-state index contributed by atoms with van der Waals surface area (Å²) in [4.78, 5) is 16.4. The van der Waals surface area contributed by atoms with Crippen molar-refractivity contribution in [2.45, 2.75) is 38.1 Å². The minimum Gasteiger partial charge on any atom is -0.352 e. The molecule has 1 aliphatic rings. The molecule has 1 heterocycles. The predicted octanol–water partition coefficient (Wildman–Crippen LogP) is 4.67. The molecule has 0 atom stereocenters. The van der Waals surface area contributed by atoms with Crippen LogP contribution < -0.4 is 5.32 Å². The number of likely N-dealkylation sites (tertiary alicyclic amines) is 1. The fraction of sp³-hybridized carbons (Fsp3) is 0.435. The smallest absolute Gasteiger partial charge is 0.251 e. The Morgan fingerprint density at radius 2 is 1.78 bits per heavy atom. The molecule has 3 rings (SSSR count). The summed E-state index contributed by atoms with van der Waals surface area (Å²) in [6, 6.07) is 14.7. The molecule has 1 fully saturated rings. The lowest BCUT2D eigenvalue weighted by Gasteiger charge is -2.32. The third-order valence-corrected chi connectivity index (χ3v) is 6.17. The number of rotatable bonds is 6. The van der Waals surface area contributed by atoms with E-state index in [0.717, 1.165) is 55.7 Å². The van der Waals surface area contributed by atoms with E-state index in [-0.39, 0.29) is 5.91 Å². The second kappa shape index (κ2) is 9.43. The average Bonchev–Trinajstić information content (AvgIpc) is 2.67. The van der Waals surface area contributed by atoms with E-state index in [1.807, 2.05) is 37.7 Å². The zero-order valence-corrected chi connectivity index (χ0v) is 17.4. The molecule has 0 saturated carbocycles. The van der Waals surface area contributed by atoms with Crippen molar-refractivity contribution in [1.82, 2.24) is 10.2 Å². The van der Waals surface area contributed by atoms with Gasteiger partial charge < -0.3 is 5.32 Å². The number of hydrogen-bond donors (Lipinski definition) is 1. The van der Waals surface area contributed by atoms with Crippen molar-refractivity contribution in [3.05, 3.63) is 64.7 Å². The van der Waals surface area contributed by atoms with E-state index in [4.69, 9.17) is 0 Å². The fourth-order valence-corrected chi connectivity index (χ4v) is 4.48. The van der Waals surface area contributed by atoms with Crippen LogP contribution in [0.3, 0.4) is 0 Å². The highest BCUT2D eigenvalue weighted by atomic mass is 32.2. The van der Waals surface area contributed by atoms with Gasteiger partial charge >= 0.3 is 0 Å². The molecule has 1 N–H and O–H groups in total. The van der Waals surface area contributed by atoms with Crippen LogP contribution in [0, 0.1) is 19.8 Å². The van der Waals surface area contributed by atoms with Crippen LogP contribution in [0.25, 0.3) is 0 Å². The van der Waals surface area contributed by atoms with Gasteiger partial charge in [0.1, 0.15) is 0 Å². The van der Waals surface area contributed by atoms with Crippen molar-refractivity contribution < 1.29 is 4.79 Å². The first-order valence-electron chi connectivity index (χ1n) is 9.76. The standard InChI is InChI=1S/C23H30N2OS/c1-17-12-18(2)14-21(13-17)23(26)24-15-19-8-10-25(11-9-19)16-20-6-4-5-7-22(20)27-3/h4-7,12-14,19H,8-11,15-16H2,1-3H3,(H,24,26). The largest absolute Gasteiger partial charge is 0.352 e. The molecule has 1 saturated heterocycles. The van der Waals surface area contributed by atoms with E-state index in [9.17, 15) is 4.79 Å². The Hall–Kier alpha value is -1.78. The van der Waals surface area contributed by atoms with Gasteiger partial charge in [0.2, 0.25) is 0 Å². The van der Waals surface area contributed by atoms with Gasteiger partial charge in [-0.3, -0.25) is 9.69 Å². The number of nitrogens with one attached hydrogen (secondary N) is 1. The lowest BCUT2D eigenvalue weighted by atomic mass is 9.96. The molecule has 1 aliphatic heterocycles. The molecule has 2 aromatic carbocycles. The van der Waals surface area contributed by atoms with Crippen LogP contribution in [0.15, 0.2) is 47.4 Å². The molecule has 0 radical (unpaired) electrons. The van der Waals surface area contributed by atoms with Gasteiger partial charge in [-0.15, -0.1) is 11.8 Å². The highest BCUT2D eigenvalue weighted by Gasteiger charge is 2.20. The second-order valence-electron chi connectivity index (χ2n) is 7.62. The summed E-state index contributed by atoms with van der Waals surface area (Å²) >= 11 is 1.82. The first-order valence-corrected chi connectivity index (χ1v) is 11.0. The zero-order valence-electron chi connectivity index (χ0n) is 16.6. The van der Waals surface area contributed by atoms with Gasteiger partial charge in [0.05, 0.1) is 0 Å². The topological polar surface area (TPSA) is 32.3 Å². The summed E-state index contributed by atoms with van der Waals surface area (Å²) in [7, 11) is 0. The Balaban J connectivity index is 1.46. The Morgan fingerprint density at radius 3 is 2.44 bits per heavy atom. The van der Waals surface area contributed by atoms with Crippen molar-refractivity contribution in [2.75, 3.05) is 25.9 Å². The van der Waals surface area contributed by atoms with Crippen molar-refractivity contribution in [3.8, 4) is 0 Å². The highest BCUT2D eigenvalue weighted by Crippen LogP contribution is 2.24. The molecule has 0 spiro atoms. The van der Waals surface area contributed by atoms with Crippen LogP contribution in [0.4, 0.5) is 0 Å². The maximum Gasteiger partial charge on any atom is 0.251 e. The first-order chi connectivity index (χ1) is 13.0. The van der Waals surface area contributed by atoms with E-state index < -0.39 is 0 Å². The number of amides is 1. The Bertz CT molecular complexity index is 761. The fourth-order valence-electron chi connectivity index (χ4n) is 3.87. The lowest BCUT2D eigenvalue weighted by Crippen LogP contribution is -2.38. The van der Waals surface area contributed by atoms with Crippen molar-refractivity contribution in [3.63, 3.8) is 0 Å². The van der Waals surface area contributed by atoms with Crippen LogP contribution in [-0.4, -0.2) is 36.7 Å². The van der Waals surface area contributed by atoms with E-state index in [1.165, 1.54) is 10.5 Å².